The number of thioether (sulfide) groups is 2. The van der Waals surface area contributed by atoms with Gasteiger partial charge in [-0.1, -0.05) is 47.8 Å². The number of hydrogen-bond donors (Lipinski definition) is 0. The molecule has 0 atom stereocenters. The van der Waals surface area contributed by atoms with Crippen molar-refractivity contribution in [2.24, 2.45) is 0 Å². The molecule has 0 bridgehead atoms. The molecule has 0 amide bonds. The van der Waals surface area contributed by atoms with Crippen LogP contribution in [0.3, 0.4) is 0 Å². The first-order chi connectivity index (χ1) is 10.00. The van der Waals surface area contributed by atoms with Gasteiger partial charge < -0.3 is 0 Å². The second-order valence-corrected chi connectivity index (χ2v) is 5.86. The zero-order valence-corrected chi connectivity index (χ0v) is 12.3. The molecule has 1 rings (SSSR count). The summed E-state index contributed by atoms with van der Waals surface area (Å²) in [7, 11) is 0. The lowest BCUT2D eigenvalue weighted by molar-refractivity contribution is -0.160. The van der Waals surface area contributed by atoms with E-state index in [4.69, 9.17) is 0 Å². The molecule has 0 aromatic heterocycles. The second-order valence-electron chi connectivity index (χ2n) is 3.96. The molecule has 0 spiro atoms. The lowest BCUT2D eigenvalue weighted by Crippen LogP contribution is -2.19. The Bertz CT molecular complexity index is 487. The lowest BCUT2D eigenvalue weighted by Gasteiger charge is -2.06. The van der Waals surface area contributed by atoms with Crippen molar-refractivity contribution in [3.8, 4) is 0 Å². The lowest BCUT2D eigenvalue weighted by atomic mass is 10.2. The molecule has 1 aromatic carbocycles. The fourth-order valence-corrected chi connectivity index (χ4v) is 2.50. The van der Waals surface area contributed by atoms with E-state index in [0.29, 0.717) is 11.1 Å². The minimum Gasteiger partial charge on any atom is -0.277 e. The molecule has 10 heteroatoms. The number of carbonyl (C=O) groups excluding carboxylic acids is 2. The van der Waals surface area contributed by atoms with Gasteiger partial charge in [-0.2, -0.15) is 26.3 Å². The highest BCUT2D eigenvalue weighted by molar-refractivity contribution is 8.13. The Morgan fingerprint density at radius 2 is 1.00 bits per heavy atom. The van der Waals surface area contributed by atoms with Gasteiger partial charge in [-0.3, -0.25) is 9.59 Å². The van der Waals surface area contributed by atoms with Crippen LogP contribution in [0, 0.1) is 0 Å². The maximum absolute atomic E-state index is 12.0. The third kappa shape index (κ3) is 6.30. The highest BCUT2D eigenvalue weighted by Crippen LogP contribution is 2.27. The summed E-state index contributed by atoms with van der Waals surface area (Å²) in [4.78, 5) is 21.3. The van der Waals surface area contributed by atoms with E-state index in [0.717, 1.165) is 0 Å². The highest BCUT2D eigenvalue weighted by atomic mass is 32.2. The molecule has 0 fully saturated rings. The Morgan fingerprint density at radius 1 is 0.727 bits per heavy atom. The number of halogens is 6. The fraction of sp³-hybridized carbons (Fsp3) is 0.333. The number of hydrogen-bond acceptors (Lipinski definition) is 4. The zero-order chi connectivity index (χ0) is 17.0. The van der Waals surface area contributed by atoms with Crippen molar-refractivity contribution in [3.05, 3.63) is 35.4 Å². The molecule has 0 heterocycles. The molecule has 0 aliphatic carbocycles. The Morgan fingerprint density at radius 3 is 1.23 bits per heavy atom. The molecule has 0 unspecified atom stereocenters. The van der Waals surface area contributed by atoms with Crippen LogP contribution in [-0.4, -0.2) is 22.6 Å². The first-order valence-corrected chi connectivity index (χ1v) is 7.53. The topological polar surface area (TPSA) is 34.1 Å². The number of benzene rings is 1. The number of rotatable bonds is 4. The molecular formula is C12H8F6O2S2. The van der Waals surface area contributed by atoms with Crippen molar-refractivity contribution in [2.75, 3.05) is 0 Å². The molecule has 0 saturated carbocycles. The highest BCUT2D eigenvalue weighted by Gasteiger charge is 2.39. The average molecular weight is 362 g/mol. The van der Waals surface area contributed by atoms with E-state index in [-0.39, 0.29) is 35.0 Å². The van der Waals surface area contributed by atoms with Gasteiger partial charge in [0.05, 0.1) is 0 Å². The van der Waals surface area contributed by atoms with Crippen molar-refractivity contribution in [2.45, 2.75) is 23.9 Å². The van der Waals surface area contributed by atoms with Crippen molar-refractivity contribution in [1.29, 1.82) is 0 Å². The second kappa shape index (κ2) is 7.40. The summed E-state index contributed by atoms with van der Waals surface area (Å²) in [5.41, 5.74) is 0.831. The van der Waals surface area contributed by atoms with Gasteiger partial charge in [-0.25, -0.2) is 0 Å². The van der Waals surface area contributed by atoms with E-state index in [1.807, 2.05) is 0 Å². The maximum Gasteiger partial charge on any atom is 0.460 e. The summed E-state index contributed by atoms with van der Waals surface area (Å²) in [6.07, 6.45) is -9.81. The molecule has 122 valence electrons. The maximum atomic E-state index is 12.0. The number of carbonyl (C=O) groups is 2. The molecular weight excluding hydrogens is 354 g/mol. The first-order valence-electron chi connectivity index (χ1n) is 5.56. The van der Waals surface area contributed by atoms with E-state index in [1.165, 1.54) is 24.3 Å². The third-order valence-corrected chi connectivity index (χ3v) is 4.17. The van der Waals surface area contributed by atoms with Crippen LogP contribution >= 0.6 is 23.5 Å². The molecule has 0 N–H and O–H groups in total. The van der Waals surface area contributed by atoms with Crippen LogP contribution < -0.4 is 0 Å². The molecule has 0 radical (unpaired) electrons. The minimum absolute atomic E-state index is 0.0919. The van der Waals surface area contributed by atoms with E-state index in [9.17, 15) is 35.9 Å². The van der Waals surface area contributed by atoms with Gasteiger partial charge in [0.1, 0.15) is 0 Å². The van der Waals surface area contributed by atoms with Crippen molar-refractivity contribution >= 4 is 33.8 Å². The summed E-state index contributed by atoms with van der Waals surface area (Å²) in [6, 6.07) is 5.57. The van der Waals surface area contributed by atoms with Gasteiger partial charge in [-0.05, 0) is 11.1 Å². The van der Waals surface area contributed by atoms with Crippen LogP contribution in [0.4, 0.5) is 26.3 Å². The summed E-state index contributed by atoms with van der Waals surface area (Å²) in [6.45, 7) is 0. The monoisotopic (exact) mass is 362 g/mol. The summed E-state index contributed by atoms with van der Waals surface area (Å²) >= 11 is 0.184. The van der Waals surface area contributed by atoms with Gasteiger partial charge in [0, 0.05) is 11.5 Å². The van der Waals surface area contributed by atoms with E-state index in [1.54, 1.807) is 0 Å². The van der Waals surface area contributed by atoms with E-state index in [2.05, 4.69) is 0 Å². The molecule has 0 saturated heterocycles. The Hall–Kier alpha value is -1.16. The molecule has 0 aliphatic heterocycles. The Labute approximate surface area is 129 Å². The van der Waals surface area contributed by atoms with Crippen molar-refractivity contribution in [3.63, 3.8) is 0 Å². The Balaban J connectivity index is 2.50. The predicted octanol–water partition coefficient (Wildman–Crippen LogP) is 4.33. The van der Waals surface area contributed by atoms with Crippen LogP contribution in [0.1, 0.15) is 11.1 Å². The van der Waals surface area contributed by atoms with Gasteiger partial charge in [0.25, 0.3) is 10.2 Å². The number of alkyl halides is 6. The van der Waals surface area contributed by atoms with Crippen LogP contribution in [0.5, 0.6) is 0 Å². The van der Waals surface area contributed by atoms with Crippen LogP contribution in [0.2, 0.25) is 0 Å². The predicted molar refractivity (Wildman–Crippen MR) is 71.2 cm³/mol. The average Bonchev–Trinajstić information content (AvgIpc) is 2.41. The van der Waals surface area contributed by atoms with Crippen LogP contribution in [0.15, 0.2) is 24.3 Å². The Kier molecular flexibility index (Phi) is 6.36. The van der Waals surface area contributed by atoms with Gasteiger partial charge >= 0.3 is 12.4 Å². The SMILES string of the molecule is O=C(SCc1ccc(CSC(=O)C(F)(F)F)cc1)C(F)(F)F. The zero-order valence-electron chi connectivity index (χ0n) is 10.6. The largest absolute Gasteiger partial charge is 0.460 e. The molecule has 22 heavy (non-hydrogen) atoms. The van der Waals surface area contributed by atoms with Crippen molar-refractivity contribution in [1.82, 2.24) is 0 Å². The summed E-state index contributed by atoms with van der Waals surface area (Å²) in [5.74, 6) is -0.402. The van der Waals surface area contributed by atoms with Gasteiger partial charge in [0.2, 0.25) is 0 Å². The van der Waals surface area contributed by atoms with Crippen molar-refractivity contribution < 1.29 is 35.9 Å². The quantitative estimate of drug-likeness (QED) is 0.747. The summed E-state index contributed by atoms with van der Waals surface area (Å²) in [5, 5.41) is -3.83. The normalized spacial score (nSPS) is 12.3. The first kappa shape index (κ1) is 18.9. The summed E-state index contributed by atoms with van der Waals surface area (Å²) < 4.78 is 71.9. The van der Waals surface area contributed by atoms with E-state index < -0.39 is 22.6 Å². The van der Waals surface area contributed by atoms with Crippen LogP contribution in [0.25, 0.3) is 0 Å². The third-order valence-electron chi connectivity index (χ3n) is 2.23. The fourth-order valence-electron chi connectivity index (χ4n) is 1.19. The standard InChI is InChI=1S/C12H8F6O2S2/c13-11(14,15)9(19)21-5-7-1-2-8(4-3-7)6-22-10(20)12(16,17)18/h1-4H,5-6H2. The van der Waals surface area contributed by atoms with Crippen LogP contribution in [-0.2, 0) is 21.1 Å². The van der Waals surface area contributed by atoms with E-state index >= 15 is 0 Å². The van der Waals surface area contributed by atoms with Gasteiger partial charge in [0.15, 0.2) is 0 Å². The minimum atomic E-state index is -4.90. The molecule has 0 aliphatic rings. The molecule has 1 aromatic rings. The molecule has 2 nitrogen and oxygen atoms in total. The smallest absolute Gasteiger partial charge is 0.277 e. The van der Waals surface area contributed by atoms with Gasteiger partial charge in [-0.15, -0.1) is 0 Å².